The van der Waals surface area contributed by atoms with E-state index in [4.69, 9.17) is 4.74 Å². The van der Waals surface area contributed by atoms with Crippen molar-refractivity contribution in [2.24, 2.45) is 4.99 Å². The van der Waals surface area contributed by atoms with Crippen LogP contribution >= 0.6 is 0 Å². The Bertz CT molecular complexity index is 282. The summed E-state index contributed by atoms with van der Waals surface area (Å²) < 4.78 is 5.47. The van der Waals surface area contributed by atoms with Crippen molar-refractivity contribution in [2.45, 2.75) is 12.8 Å². The Morgan fingerprint density at radius 2 is 2.42 bits per heavy atom. The molecular formula is C9H11N2O+. The number of hydrogen-bond donors (Lipinski definition) is 0. The molecule has 2 heterocycles. The number of nitrogens with one attached hydrogen (secondary N) is 1. The van der Waals surface area contributed by atoms with E-state index in [0.717, 1.165) is 31.2 Å². The molecule has 0 aliphatic carbocycles. The number of nitrogens with zero attached hydrogens (tertiary/aromatic N) is 1. The highest BCUT2D eigenvalue weighted by Gasteiger charge is 2.10. The number of aromatic nitrogens is 1. The van der Waals surface area contributed by atoms with Crippen LogP contribution < -0.4 is 9.72 Å². The maximum Gasteiger partial charge on any atom is 0.372 e. The van der Waals surface area contributed by atoms with Crippen molar-refractivity contribution >= 4 is 5.90 Å². The molecule has 0 atom stereocenters. The molecule has 1 N–H and O–H groups in total. The normalized spacial score (nSPS) is 15.8. The fourth-order valence-corrected chi connectivity index (χ4v) is 1.16. The molecule has 1 aliphatic heterocycles. The number of hydrogen-bond acceptors (Lipinski definition) is 2. The first-order chi connectivity index (χ1) is 5.95. The minimum Gasteiger partial charge on any atom is -0.391 e. The van der Waals surface area contributed by atoms with Crippen LogP contribution in [0.25, 0.3) is 0 Å². The van der Waals surface area contributed by atoms with Gasteiger partial charge in [-0.15, -0.1) is 0 Å². The average Bonchev–Trinajstić information content (AvgIpc) is 2.59. The molecule has 0 fully saturated rings. The maximum absolute atomic E-state index is 5.47. The molecule has 1 aliphatic rings. The number of rotatable bonds is 1. The fourth-order valence-electron chi connectivity index (χ4n) is 1.16. The van der Waals surface area contributed by atoms with Gasteiger partial charge >= 0.3 is 5.88 Å². The Hall–Kier alpha value is -1.38. The summed E-state index contributed by atoms with van der Waals surface area (Å²) in [7, 11) is 0. The largest absolute Gasteiger partial charge is 0.391 e. The molecule has 0 unspecified atom stereocenters. The fraction of sp³-hybridized carbons (Fsp3) is 0.333. The van der Waals surface area contributed by atoms with Crippen LogP contribution in [0.2, 0.25) is 0 Å². The third-order valence-corrected chi connectivity index (χ3v) is 1.75. The van der Waals surface area contributed by atoms with Crippen molar-refractivity contribution in [3.8, 4) is 5.88 Å². The second kappa shape index (κ2) is 3.34. The Morgan fingerprint density at radius 3 is 3.08 bits per heavy atom. The van der Waals surface area contributed by atoms with Crippen LogP contribution in [0.3, 0.4) is 0 Å². The molecule has 0 radical (unpaired) electrons. The number of aliphatic imine (C=N–C) groups is 1. The highest BCUT2D eigenvalue weighted by molar-refractivity contribution is 5.79. The van der Waals surface area contributed by atoms with Crippen LogP contribution in [0.15, 0.2) is 29.4 Å². The summed E-state index contributed by atoms with van der Waals surface area (Å²) in [5, 5.41) is 0. The molecule has 3 heteroatoms. The van der Waals surface area contributed by atoms with Crippen LogP contribution in [-0.4, -0.2) is 12.4 Å². The van der Waals surface area contributed by atoms with E-state index in [1.54, 1.807) is 0 Å². The highest BCUT2D eigenvalue weighted by Crippen LogP contribution is 2.07. The van der Waals surface area contributed by atoms with Crippen LogP contribution in [0.4, 0.5) is 0 Å². The predicted molar refractivity (Wildman–Crippen MR) is 45.2 cm³/mol. The molecule has 12 heavy (non-hydrogen) atoms. The van der Waals surface area contributed by atoms with Gasteiger partial charge in [-0.1, -0.05) is 0 Å². The zero-order valence-corrected chi connectivity index (χ0v) is 6.79. The zero-order valence-electron chi connectivity index (χ0n) is 6.79. The molecule has 62 valence electrons. The Morgan fingerprint density at radius 1 is 1.42 bits per heavy atom. The van der Waals surface area contributed by atoms with Crippen LogP contribution in [0.5, 0.6) is 5.88 Å². The van der Waals surface area contributed by atoms with Gasteiger partial charge in [-0.2, -0.15) is 4.98 Å². The lowest BCUT2D eigenvalue weighted by molar-refractivity contribution is -0.389. The molecule has 0 bridgehead atoms. The van der Waals surface area contributed by atoms with Gasteiger partial charge in [0.15, 0.2) is 12.1 Å². The number of aromatic amines is 1. The highest BCUT2D eigenvalue weighted by atomic mass is 16.5. The molecule has 0 spiro atoms. The summed E-state index contributed by atoms with van der Waals surface area (Å²) in [6, 6.07) is 5.74. The number of H-pyrrole nitrogens is 1. The summed E-state index contributed by atoms with van der Waals surface area (Å²) >= 11 is 0. The minimum atomic E-state index is 0.762. The standard InChI is InChI=1S/C9H10N2O/c1-2-6-10-8(4-1)12-9-5-3-7-11-9/h1-2,4,6H,3,5,7H2/p+1. The molecule has 0 saturated carbocycles. The lowest BCUT2D eigenvalue weighted by atomic mass is 10.4. The van der Waals surface area contributed by atoms with E-state index in [1.165, 1.54) is 0 Å². The summed E-state index contributed by atoms with van der Waals surface area (Å²) in [5.74, 6) is 1.61. The number of ether oxygens (including phenoxy) is 1. The van der Waals surface area contributed by atoms with Gasteiger partial charge < -0.3 is 4.74 Å². The smallest absolute Gasteiger partial charge is 0.372 e. The summed E-state index contributed by atoms with van der Waals surface area (Å²) in [6.07, 6.45) is 3.91. The van der Waals surface area contributed by atoms with E-state index in [0.29, 0.717) is 0 Å². The molecule has 2 rings (SSSR count). The summed E-state index contributed by atoms with van der Waals surface area (Å²) in [6.45, 7) is 0.905. The lowest BCUT2D eigenvalue weighted by Gasteiger charge is -1.96. The Balaban J connectivity index is 2.04. The van der Waals surface area contributed by atoms with Crippen LogP contribution in [0, 0.1) is 0 Å². The lowest BCUT2D eigenvalue weighted by Crippen LogP contribution is -2.13. The minimum absolute atomic E-state index is 0.762. The topological polar surface area (TPSA) is 35.7 Å². The molecule has 0 aromatic carbocycles. The first kappa shape index (κ1) is 7.28. The third-order valence-electron chi connectivity index (χ3n) is 1.75. The summed E-state index contributed by atoms with van der Waals surface area (Å²) in [5.41, 5.74) is 0. The predicted octanol–water partition coefficient (Wildman–Crippen LogP) is 1.07. The van der Waals surface area contributed by atoms with Gasteiger partial charge in [-0.25, -0.2) is 0 Å². The summed E-state index contributed by atoms with van der Waals surface area (Å²) in [4.78, 5) is 7.20. The van der Waals surface area contributed by atoms with E-state index >= 15 is 0 Å². The third kappa shape index (κ3) is 1.61. The first-order valence-electron chi connectivity index (χ1n) is 4.13. The first-order valence-corrected chi connectivity index (χ1v) is 4.13. The van der Waals surface area contributed by atoms with Crippen molar-refractivity contribution in [1.82, 2.24) is 0 Å². The second-order valence-corrected chi connectivity index (χ2v) is 2.71. The quantitative estimate of drug-likeness (QED) is 0.610. The molecule has 1 aromatic heterocycles. The van der Waals surface area contributed by atoms with Gasteiger partial charge in [0.05, 0.1) is 6.07 Å². The van der Waals surface area contributed by atoms with Crippen molar-refractivity contribution in [3.63, 3.8) is 0 Å². The van der Waals surface area contributed by atoms with Gasteiger partial charge in [-0.05, 0) is 12.5 Å². The molecule has 0 saturated heterocycles. The van der Waals surface area contributed by atoms with E-state index in [1.807, 2.05) is 24.4 Å². The zero-order chi connectivity index (χ0) is 8.23. The van der Waals surface area contributed by atoms with E-state index < -0.39 is 0 Å². The van der Waals surface area contributed by atoms with Crippen molar-refractivity contribution in [3.05, 3.63) is 24.4 Å². The molecule has 0 amide bonds. The van der Waals surface area contributed by atoms with E-state index in [2.05, 4.69) is 9.98 Å². The van der Waals surface area contributed by atoms with Crippen molar-refractivity contribution < 1.29 is 9.72 Å². The molecule has 3 nitrogen and oxygen atoms in total. The van der Waals surface area contributed by atoms with Crippen molar-refractivity contribution in [1.29, 1.82) is 0 Å². The van der Waals surface area contributed by atoms with Gasteiger partial charge in [0.1, 0.15) is 0 Å². The molecule has 1 aromatic rings. The van der Waals surface area contributed by atoms with Crippen molar-refractivity contribution in [2.75, 3.05) is 6.54 Å². The maximum atomic E-state index is 5.47. The average molecular weight is 163 g/mol. The Kier molecular flexibility index (Phi) is 2.03. The Labute approximate surface area is 71.1 Å². The van der Waals surface area contributed by atoms with Gasteiger partial charge in [0.2, 0.25) is 0 Å². The van der Waals surface area contributed by atoms with Crippen LogP contribution in [-0.2, 0) is 0 Å². The van der Waals surface area contributed by atoms with Gasteiger partial charge in [0.25, 0.3) is 0 Å². The van der Waals surface area contributed by atoms with Gasteiger partial charge in [0, 0.05) is 19.0 Å². The van der Waals surface area contributed by atoms with Gasteiger partial charge in [-0.3, -0.25) is 4.99 Å². The molecular weight excluding hydrogens is 152 g/mol. The van der Waals surface area contributed by atoms with Crippen LogP contribution in [0.1, 0.15) is 12.8 Å². The number of pyridine rings is 1. The van der Waals surface area contributed by atoms with E-state index in [9.17, 15) is 0 Å². The monoisotopic (exact) mass is 163 g/mol. The SMILES string of the molecule is c1ccc(OC2=NCCC2)[nH+]c1. The second-order valence-electron chi connectivity index (χ2n) is 2.71. The van der Waals surface area contributed by atoms with E-state index in [-0.39, 0.29) is 0 Å².